The normalized spacial score (nSPS) is 11.0. The minimum absolute atomic E-state index is 0.666. The van der Waals surface area contributed by atoms with Gasteiger partial charge in [0.25, 0.3) is 0 Å². The van der Waals surface area contributed by atoms with Crippen LogP contribution in [-0.2, 0) is 0 Å². The number of hydrogen-bond donors (Lipinski definition) is 0. The second-order valence-electron chi connectivity index (χ2n) is 4.19. The molecule has 96 valence electrons. The van der Waals surface area contributed by atoms with Crippen LogP contribution >= 0.6 is 11.3 Å². The summed E-state index contributed by atoms with van der Waals surface area (Å²) in [5.74, 6) is 0.666. The highest BCUT2D eigenvalue weighted by atomic mass is 32.1. The molecule has 4 aromatic rings. The van der Waals surface area contributed by atoms with Crippen LogP contribution in [0.25, 0.3) is 27.4 Å². The van der Waals surface area contributed by atoms with E-state index < -0.39 is 0 Å². The molecule has 0 aliphatic carbocycles. The molecule has 0 aliphatic rings. The number of fused-ring (bicyclic) bond motifs is 1. The first kappa shape index (κ1) is 11.2. The zero-order valence-electron chi connectivity index (χ0n) is 10.3. The Morgan fingerprint density at radius 2 is 1.95 bits per heavy atom. The molecular formula is C14H9N5S. The standard InChI is InChI=1S/C14H9N5S/c1-4-10-13(11-5-3-9-20-11)18-19(14(10)15-7-1)12-6-2-8-16-17-12/h1-9H. The van der Waals surface area contributed by atoms with Gasteiger partial charge in [-0.3, -0.25) is 0 Å². The predicted octanol–water partition coefficient (Wildman–Crippen LogP) is 2.94. The van der Waals surface area contributed by atoms with Crippen molar-refractivity contribution in [3.8, 4) is 16.4 Å². The Balaban J connectivity index is 2.04. The van der Waals surface area contributed by atoms with Gasteiger partial charge in [-0.15, -0.1) is 16.4 Å². The van der Waals surface area contributed by atoms with Crippen molar-refractivity contribution in [3.63, 3.8) is 0 Å². The molecule has 4 aromatic heterocycles. The molecule has 4 heterocycles. The van der Waals surface area contributed by atoms with Crippen LogP contribution in [0.1, 0.15) is 0 Å². The molecule has 0 spiro atoms. The van der Waals surface area contributed by atoms with Crippen LogP contribution < -0.4 is 0 Å². The quantitative estimate of drug-likeness (QED) is 0.566. The molecule has 0 aliphatic heterocycles. The lowest BCUT2D eigenvalue weighted by Gasteiger charge is -1.98. The van der Waals surface area contributed by atoms with E-state index in [1.165, 1.54) is 0 Å². The first-order valence-electron chi connectivity index (χ1n) is 6.09. The van der Waals surface area contributed by atoms with Crippen molar-refractivity contribution >= 4 is 22.4 Å². The molecule has 0 atom stereocenters. The van der Waals surface area contributed by atoms with Crippen molar-refractivity contribution < 1.29 is 0 Å². The lowest BCUT2D eigenvalue weighted by Crippen LogP contribution is -2.01. The Labute approximate surface area is 118 Å². The summed E-state index contributed by atoms with van der Waals surface area (Å²) in [6, 6.07) is 11.7. The van der Waals surface area contributed by atoms with E-state index in [1.54, 1.807) is 28.4 Å². The van der Waals surface area contributed by atoms with Gasteiger partial charge in [0.1, 0.15) is 5.69 Å². The smallest absolute Gasteiger partial charge is 0.178 e. The average Bonchev–Trinajstić information content (AvgIpc) is 3.15. The van der Waals surface area contributed by atoms with Crippen molar-refractivity contribution in [2.24, 2.45) is 0 Å². The molecule has 0 N–H and O–H groups in total. The maximum absolute atomic E-state index is 4.66. The highest BCUT2D eigenvalue weighted by molar-refractivity contribution is 7.13. The van der Waals surface area contributed by atoms with Crippen LogP contribution in [-0.4, -0.2) is 25.0 Å². The zero-order valence-corrected chi connectivity index (χ0v) is 11.2. The molecule has 0 aromatic carbocycles. The van der Waals surface area contributed by atoms with Crippen LogP contribution in [0.2, 0.25) is 0 Å². The van der Waals surface area contributed by atoms with Gasteiger partial charge in [0.05, 0.1) is 4.88 Å². The van der Waals surface area contributed by atoms with Crippen LogP contribution in [0.3, 0.4) is 0 Å². The van der Waals surface area contributed by atoms with Crippen LogP contribution in [0.4, 0.5) is 0 Å². The van der Waals surface area contributed by atoms with Gasteiger partial charge in [-0.05, 0) is 35.7 Å². The van der Waals surface area contributed by atoms with E-state index in [9.17, 15) is 0 Å². The summed E-state index contributed by atoms with van der Waals surface area (Å²) in [4.78, 5) is 5.54. The summed E-state index contributed by atoms with van der Waals surface area (Å²) in [6.07, 6.45) is 3.40. The third-order valence-corrected chi connectivity index (χ3v) is 3.85. The van der Waals surface area contributed by atoms with Crippen molar-refractivity contribution in [1.82, 2.24) is 25.0 Å². The van der Waals surface area contributed by atoms with Crippen molar-refractivity contribution in [1.29, 1.82) is 0 Å². The number of rotatable bonds is 2. The van der Waals surface area contributed by atoms with Crippen molar-refractivity contribution in [2.45, 2.75) is 0 Å². The van der Waals surface area contributed by atoms with Crippen LogP contribution in [0.5, 0.6) is 0 Å². The van der Waals surface area contributed by atoms with E-state index in [-0.39, 0.29) is 0 Å². The summed E-state index contributed by atoms with van der Waals surface area (Å²) in [7, 11) is 0. The van der Waals surface area contributed by atoms with Gasteiger partial charge in [-0.25, -0.2) is 4.98 Å². The molecule has 6 heteroatoms. The highest BCUT2D eigenvalue weighted by Crippen LogP contribution is 2.30. The fraction of sp³-hybridized carbons (Fsp3) is 0. The topological polar surface area (TPSA) is 56.5 Å². The second-order valence-corrected chi connectivity index (χ2v) is 5.14. The molecule has 0 saturated carbocycles. The van der Waals surface area contributed by atoms with Gasteiger partial charge in [0.15, 0.2) is 11.5 Å². The summed E-state index contributed by atoms with van der Waals surface area (Å²) < 4.78 is 1.73. The van der Waals surface area contributed by atoms with Gasteiger partial charge in [0.2, 0.25) is 0 Å². The fourth-order valence-electron chi connectivity index (χ4n) is 2.11. The van der Waals surface area contributed by atoms with Gasteiger partial charge in [-0.2, -0.15) is 14.9 Å². The zero-order chi connectivity index (χ0) is 13.4. The Morgan fingerprint density at radius 1 is 1.00 bits per heavy atom. The first-order chi connectivity index (χ1) is 9.93. The van der Waals surface area contributed by atoms with Gasteiger partial charge < -0.3 is 0 Å². The van der Waals surface area contributed by atoms with E-state index in [4.69, 9.17) is 0 Å². The number of nitrogens with zero attached hydrogens (tertiary/aromatic N) is 5. The van der Waals surface area contributed by atoms with E-state index in [2.05, 4.69) is 26.3 Å². The lowest BCUT2D eigenvalue weighted by atomic mass is 10.2. The first-order valence-corrected chi connectivity index (χ1v) is 6.97. The molecule has 0 fully saturated rings. The predicted molar refractivity (Wildman–Crippen MR) is 77.8 cm³/mol. The fourth-order valence-corrected chi connectivity index (χ4v) is 2.84. The second kappa shape index (κ2) is 4.50. The maximum Gasteiger partial charge on any atom is 0.178 e. The molecular weight excluding hydrogens is 270 g/mol. The van der Waals surface area contributed by atoms with Gasteiger partial charge >= 0.3 is 0 Å². The Hall–Kier alpha value is -2.60. The molecule has 0 amide bonds. The van der Waals surface area contributed by atoms with Gasteiger partial charge in [-0.1, -0.05) is 6.07 Å². The molecule has 0 radical (unpaired) electrons. The third-order valence-electron chi connectivity index (χ3n) is 2.97. The van der Waals surface area contributed by atoms with Gasteiger partial charge in [0, 0.05) is 17.8 Å². The van der Waals surface area contributed by atoms with Crippen molar-refractivity contribution in [3.05, 3.63) is 54.2 Å². The highest BCUT2D eigenvalue weighted by Gasteiger charge is 2.15. The third kappa shape index (κ3) is 1.70. The lowest BCUT2D eigenvalue weighted by molar-refractivity contribution is 0.831. The Bertz CT molecular complexity index is 852. The summed E-state index contributed by atoms with van der Waals surface area (Å²) >= 11 is 1.66. The number of aromatic nitrogens is 5. The Morgan fingerprint density at radius 3 is 2.75 bits per heavy atom. The molecule has 0 bridgehead atoms. The van der Waals surface area contributed by atoms with E-state index in [0.717, 1.165) is 21.6 Å². The summed E-state index contributed by atoms with van der Waals surface area (Å²) in [6.45, 7) is 0. The molecule has 4 rings (SSSR count). The van der Waals surface area contributed by atoms with Crippen molar-refractivity contribution in [2.75, 3.05) is 0 Å². The SMILES string of the molecule is c1cnnc(-n2nc(-c3cccs3)c3cccnc32)c1. The number of pyridine rings is 1. The minimum Gasteiger partial charge on any atom is -0.236 e. The Kier molecular flexibility index (Phi) is 2.53. The molecule has 0 saturated heterocycles. The minimum atomic E-state index is 0.666. The largest absolute Gasteiger partial charge is 0.236 e. The van der Waals surface area contributed by atoms with Crippen LogP contribution in [0, 0.1) is 0 Å². The molecule has 0 unspecified atom stereocenters. The molecule has 5 nitrogen and oxygen atoms in total. The maximum atomic E-state index is 4.66. The monoisotopic (exact) mass is 279 g/mol. The number of hydrogen-bond acceptors (Lipinski definition) is 5. The summed E-state index contributed by atoms with van der Waals surface area (Å²) in [5.41, 5.74) is 1.71. The summed E-state index contributed by atoms with van der Waals surface area (Å²) in [5, 5.41) is 15.7. The van der Waals surface area contributed by atoms with E-state index >= 15 is 0 Å². The number of thiophene rings is 1. The average molecular weight is 279 g/mol. The van der Waals surface area contributed by atoms with E-state index in [1.807, 2.05) is 35.7 Å². The van der Waals surface area contributed by atoms with E-state index in [0.29, 0.717) is 5.82 Å². The molecule has 20 heavy (non-hydrogen) atoms. The van der Waals surface area contributed by atoms with Crippen LogP contribution in [0.15, 0.2) is 54.2 Å².